The van der Waals surface area contributed by atoms with E-state index in [-0.39, 0.29) is 5.82 Å². The van der Waals surface area contributed by atoms with Crippen LogP contribution in [0.4, 0.5) is 4.39 Å². The summed E-state index contributed by atoms with van der Waals surface area (Å²) in [7, 11) is 0. The molecular weight excluding hydrogens is 265 g/mol. The number of fused-ring (bicyclic) bond motifs is 1. The van der Waals surface area contributed by atoms with Crippen molar-refractivity contribution in [2.45, 2.75) is 13.0 Å². The fourth-order valence-electron chi connectivity index (χ4n) is 2.42. The van der Waals surface area contributed by atoms with Gasteiger partial charge in [0.1, 0.15) is 11.6 Å². The standard InChI is InChI=1S/C15H13ClFNO/c16-14-7-12(17)1-2-13(14)10-5-9-3-4-19-15(9)11(6-10)8-18/h1-2,5-7H,3-4,8,18H2. The summed E-state index contributed by atoms with van der Waals surface area (Å²) >= 11 is 6.11. The first-order valence-electron chi connectivity index (χ1n) is 6.13. The Kier molecular flexibility index (Phi) is 3.17. The molecule has 0 unspecified atom stereocenters. The Labute approximate surface area is 115 Å². The Morgan fingerprint density at radius 2 is 2.11 bits per heavy atom. The molecule has 3 rings (SSSR count). The van der Waals surface area contributed by atoms with Crippen molar-refractivity contribution in [1.29, 1.82) is 0 Å². The third-order valence-corrected chi connectivity index (χ3v) is 3.64. The summed E-state index contributed by atoms with van der Waals surface area (Å²) in [4.78, 5) is 0. The molecule has 0 radical (unpaired) electrons. The van der Waals surface area contributed by atoms with Crippen molar-refractivity contribution in [3.05, 3.63) is 52.3 Å². The van der Waals surface area contributed by atoms with Crippen LogP contribution in [0.5, 0.6) is 5.75 Å². The highest BCUT2D eigenvalue weighted by molar-refractivity contribution is 6.33. The molecule has 0 spiro atoms. The van der Waals surface area contributed by atoms with E-state index in [2.05, 4.69) is 0 Å². The van der Waals surface area contributed by atoms with Crippen LogP contribution in [0.3, 0.4) is 0 Å². The summed E-state index contributed by atoms with van der Waals surface area (Å²) in [6, 6.07) is 8.43. The predicted molar refractivity (Wildman–Crippen MR) is 73.9 cm³/mol. The van der Waals surface area contributed by atoms with Gasteiger partial charge in [0.05, 0.1) is 11.6 Å². The number of hydrogen-bond acceptors (Lipinski definition) is 2. The lowest BCUT2D eigenvalue weighted by Gasteiger charge is -2.11. The smallest absolute Gasteiger partial charge is 0.127 e. The molecule has 1 heterocycles. The predicted octanol–water partition coefficient (Wildman–Crippen LogP) is 3.54. The van der Waals surface area contributed by atoms with E-state index in [9.17, 15) is 4.39 Å². The molecule has 2 N–H and O–H groups in total. The number of rotatable bonds is 2. The van der Waals surface area contributed by atoms with E-state index < -0.39 is 0 Å². The largest absolute Gasteiger partial charge is 0.493 e. The van der Waals surface area contributed by atoms with Gasteiger partial charge in [0.25, 0.3) is 0 Å². The van der Waals surface area contributed by atoms with Gasteiger partial charge in [-0.15, -0.1) is 0 Å². The zero-order chi connectivity index (χ0) is 13.4. The van der Waals surface area contributed by atoms with Crippen molar-refractivity contribution in [1.82, 2.24) is 0 Å². The van der Waals surface area contributed by atoms with Crippen LogP contribution in [0.2, 0.25) is 5.02 Å². The second-order valence-electron chi connectivity index (χ2n) is 4.55. The lowest BCUT2D eigenvalue weighted by molar-refractivity contribution is 0.353. The number of ether oxygens (including phenoxy) is 1. The first-order valence-corrected chi connectivity index (χ1v) is 6.51. The first kappa shape index (κ1) is 12.5. The number of nitrogens with two attached hydrogens (primary N) is 1. The van der Waals surface area contributed by atoms with Crippen molar-refractivity contribution >= 4 is 11.6 Å². The minimum atomic E-state index is -0.336. The van der Waals surface area contributed by atoms with Crippen LogP contribution in [0.25, 0.3) is 11.1 Å². The summed E-state index contributed by atoms with van der Waals surface area (Å²) in [5, 5.41) is 0.404. The van der Waals surface area contributed by atoms with E-state index in [1.165, 1.54) is 12.1 Å². The highest BCUT2D eigenvalue weighted by Gasteiger charge is 2.18. The van der Waals surface area contributed by atoms with Crippen LogP contribution < -0.4 is 10.5 Å². The molecule has 19 heavy (non-hydrogen) atoms. The fourth-order valence-corrected chi connectivity index (χ4v) is 2.70. The molecule has 0 bridgehead atoms. The van der Waals surface area contributed by atoms with Crippen LogP contribution in [-0.2, 0) is 13.0 Å². The van der Waals surface area contributed by atoms with Crippen molar-refractivity contribution in [2.75, 3.05) is 6.61 Å². The highest BCUT2D eigenvalue weighted by Crippen LogP contribution is 2.36. The minimum absolute atomic E-state index is 0.336. The number of benzene rings is 2. The van der Waals surface area contributed by atoms with Crippen LogP contribution >= 0.6 is 11.6 Å². The molecular formula is C15H13ClFNO. The molecule has 1 aliphatic heterocycles. The molecule has 0 saturated heterocycles. The van der Waals surface area contributed by atoms with Gasteiger partial charge in [-0.1, -0.05) is 11.6 Å². The molecule has 98 valence electrons. The fraction of sp³-hybridized carbons (Fsp3) is 0.200. The second kappa shape index (κ2) is 4.83. The summed E-state index contributed by atoms with van der Waals surface area (Å²) < 4.78 is 18.7. The molecule has 2 aromatic rings. The Morgan fingerprint density at radius 3 is 2.84 bits per heavy atom. The minimum Gasteiger partial charge on any atom is -0.493 e. The van der Waals surface area contributed by atoms with Crippen molar-refractivity contribution in [2.24, 2.45) is 5.73 Å². The average molecular weight is 278 g/mol. The van der Waals surface area contributed by atoms with Gasteiger partial charge in [-0.25, -0.2) is 4.39 Å². The Morgan fingerprint density at radius 1 is 1.26 bits per heavy atom. The van der Waals surface area contributed by atoms with E-state index in [1.54, 1.807) is 6.07 Å². The van der Waals surface area contributed by atoms with Gasteiger partial charge >= 0.3 is 0 Å². The molecule has 2 nitrogen and oxygen atoms in total. The van der Waals surface area contributed by atoms with Crippen LogP contribution in [0, 0.1) is 5.82 Å². The van der Waals surface area contributed by atoms with Crippen LogP contribution in [0.15, 0.2) is 30.3 Å². The second-order valence-corrected chi connectivity index (χ2v) is 4.96. The maximum Gasteiger partial charge on any atom is 0.127 e. The Hall–Kier alpha value is -1.58. The van der Waals surface area contributed by atoms with Gasteiger partial charge in [0.15, 0.2) is 0 Å². The van der Waals surface area contributed by atoms with Crippen molar-refractivity contribution in [3.8, 4) is 16.9 Å². The van der Waals surface area contributed by atoms with Gasteiger partial charge in [-0.3, -0.25) is 0 Å². The van der Waals surface area contributed by atoms with Gasteiger partial charge < -0.3 is 10.5 Å². The average Bonchev–Trinajstić information content (AvgIpc) is 2.85. The summed E-state index contributed by atoms with van der Waals surface area (Å²) in [6.07, 6.45) is 0.870. The monoisotopic (exact) mass is 277 g/mol. The number of hydrogen-bond donors (Lipinski definition) is 1. The molecule has 0 fully saturated rings. The Balaban J connectivity index is 2.15. The lowest BCUT2D eigenvalue weighted by atomic mass is 9.98. The zero-order valence-electron chi connectivity index (χ0n) is 10.2. The molecule has 0 atom stereocenters. The van der Waals surface area contributed by atoms with E-state index in [0.717, 1.165) is 34.4 Å². The SMILES string of the molecule is NCc1cc(-c2ccc(F)cc2Cl)cc2c1OCC2. The third kappa shape index (κ3) is 2.20. The summed E-state index contributed by atoms with van der Waals surface area (Å²) in [5.74, 6) is 0.557. The molecule has 0 saturated carbocycles. The first-order chi connectivity index (χ1) is 9.19. The number of halogens is 2. The maximum absolute atomic E-state index is 13.1. The molecule has 2 aromatic carbocycles. The molecule has 0 aliphatic carbocycles. The van der Waals surface area contributed by atoms with Crippen molar-refractivity contribution in [3.63, 3.8) is 0 Å². The van der Waals surface area contributed by atoms with E-state index >= 15 is 0 Å². The summed E-state index contributed by atoms with van der Waals surface area (Å²) in [6.45, 7) is 1.10. The quantitative estimate of drug-likeness (QED) is 0.911. The third-order valence-electron chi connectivity index (χ3n) is 3.32. The molecule has 0 amide bonds. The molecule has 4 heteroatoms. The Bertz CT molecular complexity index is 642. The highest BCUT2D eigenvalue weighted by atomic mass is 35.5. The molecule has 0 aromatic heterocycles. The molecule has 1 aliphatic rings. The zero-order valence-corrected chi connectivity index (χ0v) is 11.0. The normalized spacial score (nSPS) is 13.2. The van der Waals surface area contributed by atoms with Gasteiger partial charge in [-0.2, -0.15) is 0 Å². The van der Waals surface area contributed by atoms with Crippen molar-refractivity contribution < 1.29 is 9.13 Å². The van der Waals surface area contributed by atoms with Gasteiger partial charge in [0, 0.05) is 24.1 Å². The van der Waals surface area contributed by atoms with E-state index in [4.69, 9.17) is 22.1 Å². The van der Waals surface area contributed by atoms with E-state index in [0.29, 0.717) is 18.2 Å². The van der Waals surface area contributed by atoms with Gasteiger partial charge in [-0.05, 0) is 41.5 Å². The van der Waals surface area contributed by atoms with E-state index in [1.807, 2.05) is 12.1 Å². The topological polar surface area (TPSA) is 35.2 Å². The summed E-state index contributed by atoms with van der Waals surface area (Å²) in [5.41, 5.74) is 9.63. The van der Waals surface area contributed by atoms with Crippen LogP contribution in [0.1, 0.15) is 11.1 Å². The lowest BCUT2D eigenvalue weighted by Crippen LogP contribution is -2.00. The van der Waals surface area contributed by atoms with Gasteiger partial charge in [0.2, 0.25) is 0 Å². The maximum atomic E-state index is 13.1. The van der Waals surface area contributed by atoms with Crippen LogP contribution in [-0.4, -0.2) is 6.61 Å².